The molecule has 1 aromatic rings. The average Bonchev–Trinajstić information content (AvgIpc) is 2.79. The van der Waals surface area contributed by atoms with Crippen molar-refractivity contribution in [2.75, 3.05) is 32.8 Å². The Morgan fingerprint density at radius 2 is 1.91 bits per heavy atom. The van der Waals surface area contributed by atoms with Crippen LogP contribution in [0.3, 0.4) is 0 Å². The highest BCUT2D eigenvalue weighted by Crippen LogP contribution is 2.18. The molecule has 1 saturated heterocycles. The van der Waals surface area contributed by atoms with Crippen molar-refractivity contribution in [3.8, 4) is 0 Å². The fraction of sp³-hybridized carbons (Fsp3) is 0.750. The largest absolute Gasteiger partial charge is 0.393 e. The smallest absolute Gasteiger partial charge is 0.236 e. The van der Waals surface area contributed by atoms with Crippen LogP contribution in [0.4, 0.5) is 0 Å². The molecule has 2 N–H and O–H groups in total. The van der Waals surface area contributed by atoms with E-state index in [-0.39, 0.29) is 12.5 Å². The van der Waals surface area contributed by atoms with Crippen LogP contribution in [0.1, 0.15) is 43.2 Å². The minimum Gasteiger partial charge on any atom is -0.393 e. The first-order valence-corrected chi connectivity index (χ1v) is 8.53. The van der Waals surface area contributed by atoms with Gasteiger partial charge in [0.15, 0.2) is 0 Å². The second kappa shape index (κ2) is 7.42. The maximum Gasteiger partial charge on any atom is 0.236 e. The monoisotopic (exact) mass is 322 g/mol. The summed E-state index contributed by atoms with van der Waals surface area (Å²) in [6, 6.07) is 1.82. The molecule has 2 aliphatic rings. The van der Waals surface area contributed by atoms with Crippen molar-refractivity contribution in [2.24, 2.45) is 0 Å². The lowest BCUT2D eigenvalue weighted by molar-refractivity contribution is -0.132. The molecule has 23 heavy (non-hydrogen) atoms. The van der Waals surface area contributed by atoms with Crippen LogP contribution in [0.15, 0.2) is 6.07 Å². The summed E-state index contributed by atoms with van der Waals surface area (Å²) in [5.74, 6) is 0.218. The normalized spacial score (nSPS) is 20.9. The highest BCUT2D eigenvalue weighted by molar-refractivity contribution is 5.78. The van der Waals surface area contributed by atoms with E-state index in [4.69, 9.17) is 5.11 Å². The molecule has 1 amide bonds. The molecule has 7 nitrogen and oxygen atoms in total. The average molecular weight is 322 g/mol. The molecule has 0 bridgehead atoms. The van der Waals surface area contributed by atoms with E-state index >= 15 is 0 Å². The Hall–Kier alpha value is -1.44. The quantitative estimate of drug-likeness (QED) is 0.823. The standard InChI is InChI=1S/C16H26N4O3/c21-12-15(22)14-9-13-10-18(7-8-20(13)17-14)11-16(23)19-5-3-1-2-4-6-19/h9,15,21-22H,1-8,10-12H2/t15-/m0/s1. The van der Waals surface area contributed by atoms with E-state index in [1.165, 1.54) is 12.8 Å². The van der Waals surface area contributed by atoms with E-state index < -0.39 is 6.10 Å². The molecule has 1 atom stereocenters. The molecule has 3 heterocycles. The summed E-state index contributed by atoms with van der Waals surface area (Å²) in [5, 5.41) is 23.0. The Balaban J connectivity index is 1.58. The minimum atomic E-state index is -0.930. The number of carbonyl (C=O) groups excluding carboxylic acids is 1. The summed E-state index contributed by atoms with van der Waals surface area (Å²) < 4.78 is 1.86. The fourth-order valence-electron chi connectivity index (χ4n) is 3.35. The second-order valence-electron chi connectivity index (χ2n) is 6.49. The first-order chi connectivity index (χ1) is 11.2. The van der Waals surface area contributed by atoms with Gasteiger partial charge in [-0.05, 0) is 18.9 Å². The molecule has 7 heteroatoms. The molecule has 1 aromatic heterocycles. The SMILES string of the molecule is O=C(CN1CCn2nc([C@@H](O)CO)cc2C1)N1CCCCCC1. The van der Waals surface area contributed by atoms with Gasteiger partial charge in [-0.15, -0.1) is 0 Å². The van der Waals surface area contributed by atoms with Crippen LogP contribution < -0.4 is 0 Å². The summed E-state index contributed by atoms with van der Waals surface area (Å²) in [6.07, 6.45) is 3.74. The zero-order valence-corrected chi connectivity index (χ0v) is 13.5. The molecule has 0 radical (unpaired) electrons. The Bertz CT molecular complexity index is 537. The number of fused-ring (bicyclic) bond motifs is 1. The van der Waals surface area contributed by atoms with E-state index in [2.05, 4.69) is 10.00 Å². The lowest BCUT2D eigenvalue weighted by Crippen LogP contribution is -2.43. The van der Waals surface area contributed by atoms with Crippen molar-refractivity contribution in [3.63, 3.8) is 0 Å². The topological polar surface area (TPSA) is 81.8 Å². The number of hydrogen-bond acceptors (Lipinski definition) is 5. The van der Waals surface area contributed by atoms with E-state index in [0.717, 1.165) is 38.2 Å². The molecule has 3 rings (SSSR count). The van der Waals surface area contributed by atoms with Crippen LogP contribution in [0.5, 0.6) is 0 Å². The predicted molar refractivity (Wildman–Crippen MR) is 84.6 cm³/mol. The lowest BCUT2D eigenvalue weighted by atomic mass is 10.2. The number of likely N-dealkylation sites (tertiary alicyclic amines) is 1. The first-order valence-electron chi connectivity index (χ1n) is 8.53. The second-order valence-corrected chi connectivity index (χ2v) is 6.49. The van der Waals surface area contributed by atoms with E-state index in [9.17, 15) is 9.90 Å². The highest BCUT2D eigenvalue weighted by atomic mass is 16.3. The van der Waals surface area contributed by atoms with Crippen molar-refractivity contribution >= 4 is 5.91 Å². The number of nitrogens with zero attached hydrogens (tertiary/aromatic N) is 4. The number of carbonyl (C=O) groups is 1. The van der Waals surface area contributed by atoms with Crippen molar-refractivity contribution in [1.29, 1.82) is 0 Å². The third-order valence-corrected chi connectivity index (χ3v) is 4.73. The Morgan fingerprint density at radius 3 is 2.61 bits per heavy atom. The first kappa shape index (κ1) is 16.4. The summed E-state index contributed by atoms with van der Waals surface area (Å²) in [4.78, 5) is 16.6. The maximum atomic E-state index is 12.5. The van der Waals surface area contributed by atoms with Gasteiger partial charge < -0.3 is 15.1 Å². The van der Waals surface area contributed by atoms with Crippen LogP contribution in [0.2, 0.25) is 0 Å². The molecule has 0 unspecified atom stereocenters. The van der Waals surface area contributed by atoms with Gasteiger partial charge in [-0.3, -0.25) is 14.4 Å². The third kappa shape index (κ3) is 3.91. The van der Waals surface area contributed by atoms with Gasteiger partial charge in [0, 0.05) is 26.2 Å². The van der Waals surface area contributed by atoms with Crippen LogP contribution in [0, 0.1) is 0 Å². The van der Waals surface area contributed by atoms with Crippen molar-refractivity contribution in [2.45, 2.75) is 44.9 Å². The molecular formula is C16H26N4O3. The molecule has 0 aromatic carbocycles. The van der Waals surface area contributed by atoms with Gasteiger partial charge in [0.05, 0.1) is 31.1 Å². The van der Waals surface area contributed by atoms with Gasteiger partial charge >= 0.3 is 0 Å². The number of amides is 1. The summed E-state index contributed by atoms with van der Waals surface area (Å²) in [5.41, 5.74) is 1.49. The highest BCUT2D eigenvalue weighted by Gasteiger charge is 2.24. The Morgan fingerprint density at radius 1 is 1.17 bits per heavy atom. The van der Waals surface area contributed by atoms with Crippen molar-refractivity contribution in [3.05, 3.63) is 17.5 Å². The summed E-state index contributed by atoms with van der Waals surface area (Å²) in [7, 11) is 0. The molecule has 128 valence electrons. The number of aliphatic hydroxyl groups is 2. The molecule has 1 fully saturated rings. The van der Waals surface area contributed by atoms with E-state index in [1.807, 2.05) is 15.6 Å². The number of aromatic nitrogens is 2. The van der Waals surface area contributed by atoms with Gasteiger partial charge in [-0.25, -0.2) is 0 Å². The van der Waals surface area contributed by atoms with E-state index in [0.29, 0.717) is 25.3 Å². The fourth-order valence-corrected chi connectivity index (χ4v) is 3.35. The molecule has 0 spiro atoms. The molecule has 2 aliphatic heterocycles. The van der Waals surface area contributed by atoms with Crippen LogP contribution in [-0.4, -0.2) is 68.5 Å². The maximum absolute atomic E-state index is 12.5. The van der Waals surface area contributed by atoms with Gasteiger partial charge in [-0.1, -0.05) is 12.8 Å². The van der Waals surface area contributed by atoms with Gasteiger partial charge in [0.25, 0.3) is 0 Å². The molecular weight excluding hydrogens is 296 g/mol. The van der Waals surface area contributed by atoms with Crippen LogP contribution in [0.25, 0.3) is 0 Å². The molecule has 0 saturated carbocycles. The van der Waals surface area contributed by atoms with Gasteiger partial charge in [-0.2, -0.15) is 5.10 Å². The van der Waals surface area contributed by atoms with E-state index in [1.54, 1.807) is 0 Å². The van der Waals surface area contributed by atoms with Crippen LogP contribution >= 0.6 is 0 Å². The van der Waals surface area contributed by atoms with Crippen molar-refractivity contribution < 1.29 is 15.0 Å². The summed E-state index contributed by atoms with van der Waals surface area (Å²) >= 11 is 0. The third-order valence-electron chi connectivity index (χ3n) is 4.73. The number of rotatable bonds is 4. The van der Waals surface area contributed by atoms with Crippen LogP contribution in [-0.2, 0) is 17.9 Å². The Kier molecular flexibility index (Phi) is 5.30. The zero-order valence-electron chi connectivity index (χ0n) is 13.5. The Labute approximate surface area is 136 Å². The molecule has 0 aliphatic carbocycles. The van der Waals surface area contributed by atoms with Crippen molar-refractivity contribution in [1.82, 2.24) is 19.6 Å². The van der Waals surface area contributed by atoms with Gasteiger partial charge in [0.2, 0.25) is 5.91 Å². The minimum absolute atomic E-state index is 0.218. The number of aliphatic hydroxyl groups excluding tert-OH is 2. The number of hydrogen-bond donors (Lipinski definition) is 2. The predicted octanol–water partition coefficient (Wildman–Crippen LogP) is 0.127. The lowest BCUT2D eigenvalue weighted by Gasteiger charge is -2.29. The summed E-state index contributed by atoms with van der Waals surface area (Å²) in [6.45, 7) is 4.04. The zero-order chi connectivity index (χ0) is 16.2. The van der Waals surface area contributed by atoms with Gasteiger partial charge in [0.1, 0.15) is 6.10 Å².